The Labute approximate surface area is 180 Å². The Morgan fingerprint density at radius 3 is 2.70 bits per heavy atom. The number of anilines is 1. The smallest absolute Gasteiger partial charge is 0.0442 e. The van der Waals surface area contributed by atoms with Crippen LogP contribution in [-0.4, -0.2) is 56.4 Å². The minimum absolute atomic E-state index is 0.499. The van der Waals surface area contributed by atoms with Crippen molar-refractivity contribution >= 4 is 23.5 Å². The highest BCUT2D eigenvalue weighted by Crippen LogP contribution is 2.20. The van der Waals surface area contributed by atoms with Gasteiger partial charge in [-0.3, -0.25) is 0 Å². The first-order chi connectivity index (χ1) is 14.6. The van der Waals surface area contributed by atoms with Crippen molar-refractivity contribution < 1.29 is 5.11 Å². The number of hydrogen-bond acceptors (Lipinski definition) is 6. The van der Waals surface area contributed by atoms with Crippen LogP contribution in [0, 0.1) is 0 Å². The van der Waals surface area contributed by atoms with Crippen LogP contribution >= 0.6 is 0 Å². The van der Waals surface area contributed by atoms with Gasteiger partial charge in [0, 0.05) is 50.4 Å². The maximum atomic E-state index is 7.00. The third kappa shape index (κ3) is 6.49. The molecule has 7 N–H and O–H groups in total. The van der Waals surface area contributed by atoms with E-state index in [0.29, 0.717) is 12.6 Å². The fraction of sp³-hybridized carbons (Fsp3) is 0.417. The molecule has 0 spiro atoms. The predicted octanol–water partition coefficient (Wildman–Crippen LogP) is 0.684. The summed E-state index contributed by atoms with van der Waals surface area (Å²) in [6, 6.07) is 5.03. The quantitative estimate of drug-likeness (QED) is 0.442. The molecule has 30 heavy (non-hydrogen) atoms. The Balaban J connectivity index is 0.00000155. The third-order valence-corrected chi connectivity index (χ3v) is 5.30. The topological polar surface area (TPSA) is 99.6 Å². The fourth-order valence-corrected chi connectivity index (χ4v) is 3.69. The average Bonchev–Trinajstić information content (AvgIpc) is 2.78. The molecule has 1 fully saturated rings. The number of rotatable bonds is 6. The first-order valence-electron chi connectivity index (χ1n) is 10.5. The minimum atomic E-state index is 0.499. The summed E-state index contributed by atoms with van der Waals surface area (Å²) in [6.45, 7) is 5.66. The van der Waals surface area contributed by atoms with Crippen LogP contribution in [0.4, 0.5) is 5.69 Å². The van der Waals surface area contributed by atoms with Gasteiger partial charge in [0.2, 0.25) is 0 Å². The Bertz CT molecular complexity index is 895. The zero-order chi connectivity index (χ0) is 21.9. The summed E-state index contributed by atoms with van der Waals surface area (Å²) in [5.74, 6) is 0. The second-order valence-electron chi connectivity index (χ2n) is 7.67. The van der Waals surface area contributed by atoms with Gasteiger partial charge in [-0.25, -0.2) is 0 Å². The maximum absolute atomic E-state index is 7.00. The number of nitrogens with two attached hydrogens (primary N) is 2. The van der Waals surface area contributed by atoms with Gasteiger partial charge in [-0.15, -0.1) is 0 Å². The van der Waals surface area contributed by atoms with Crippen molar-refractivity contribution in [2.24, 2.45) is 11.5 Å². The first-order valence-corrected chi connectivity index (χ1v) is 10.5. The summed E-state index contributed by atoms with van der Waals surface area (Å²) in [4.78, 5) is 2.22. The normalized spacial score (nSPS) is 17.6. The van der Waals surface area contributed by atoms with E-state index in [1.807, 2.05) is 12.2 Å². The van der Waals surface area contributed by atoms with E-state index in [1.54, 1.807) is 6.20 Å². The average molecular weight is 412 g/mol. The summed E-state index contributed by atoms with van der Waals surface area (Å²) in [7, 11) is 3.12. The molecule has 0 amide bonds. The number of nitrogens with zero attached hydrogens (tertiary/aromatic N) is 1. The molecule has 164 valence electrons. The zero-order valence-electron chi connectivity index (χ0n) is 18.5. The van der Waals surface area contributed by atoms with Crippen LogP contribution in [-0.2, 0) is 0 Å². The van der Waals surface area contributed by atoms with Crippen LogP contribution in [0.3, 0.4) is 0 Å². The van der Waals surface area contributed by atoms with Gasteiger partial charge in [-0.05, 0) is 73.6 Å². The lowest BCUT2D eigenvalue weighted by atomic mass is 9.98. The van der Waals surface area contributed by atoms with Gasteiger partial charge in [-0.1, -0.05) is 23.8 Å². The van der Waals surface area contributed by atoms with E-state index >= 15 is 0 Å². The van der Waals surface area contributed by atoms with Gasteiger partial charge < -0.3 is 32.1 Å². The number of aliphatic hydroxyl groups is 1. The van der Waals surface area contributed by atoms with E-state index in [-0.39, 0.29) is 0 Å². The van der Waals surface area contributed by atoms with Crippen LogP contribution in [0.25, 0.3) is 17.8 Å². The fourth-order valence-electron chi connectivity index (χ4n) is 3.69. The molecule has 0 saturated carbocycles. The highest BCUT2D eigenvalue weighted by Gasteiger charge is 2.15. The van der Waals surface area contributed by atoms with E-state index in [0.717, 1.165) is 50.7 Å². The SMILES string of the molecule is C/C(=C\C(=C/C=CN)c1cc(NC2CCNCC2)c2c(c1)=CCN(C)C=2)CN.CO. The highest BCUT2D eigenvalue weighted by atomic mass is 16.2. The molecule has 2 heterocycles. The number of nitrogens with one attached hydrogen (secondary N) is 2. The second kappa shape index (κ2) is 12.2. The van der Waals surface area contributed by atoms with Crippen LogP contribution in [0.1, 0.15) is 25.3 Å². The molecule has 2 aliphatic heterocycles. The molecule has 0 aromatic heterocycles. The number of hydrogen-bond donors (Lipinski definition) is 5. The molecule has 3 rings (SSSR count). The molecule has 1 aromatic rings. The first kappa shape index (κ1) is 23.7. The van der Waals surface area contributed by atoms with E-state index in [2.05, 4.69) is 60.0 Å². The number of allylic oxidation sites excluding steroid dienone is 4. The van der Waals surface area contributed by atoms with E-state index in [9.17, 15) is 0 Å². The van der Waals surface area contributed by atoms with Crippen molar-refractivity contribution in [2.75, 3.05) is 45.7 Å². The summed E-state index contributed by atoms with van der Waals surface area (Å²) in [6.07, 6.45) is 14.5. The van der Waals surface area contributed by atoms with Crippen molar-refractivity contribution in [2.45, 2.75) is 25.8 Å². The summed E-state index contributed by atoms with van der Waals surface area (Å²) < 4.78 is 0. The van der Waals surface area contributed by atoms with Crippen LogP contribution < -0.4 is 32.5 Å². The van der Waals surface area contributed by atoms with Crippen LogP contribution in [0.15, 0.2) is 42.1 Å². The van der Waals surface area contributed by atoms with Gasteiger partial charge in [0.05, 0.1) is 0 Å². The summed E-state index contributed by atoms with van der Waals surface area (Å²) >= 11 is 0. The Hall–Kier alpha value is -2.54. The van der Waals surface area contributed by atoms with Gasteiger partial charge in [0.1, 0.15) is 0 Å². The second-order valence-corrected chi connectivity index (χ2v) is 7.67. The lowest BCUT2D eigenvalue weighted by Gasteiger charge is -2.26. The van der Waals surface area contributed by atoms with Crippen molar-refractivity contribution in [3.8, 4) is 0 Å². The summed E-state index contributed by atoms with van der Waals surface area (Å²) in [5, 5.41) is 16.8. The van der Waals surface area contributed by atoms with Crippen LogP contribution in [0.2, 0.25) is 0 Å². The molecule has 0 atom stereocenters. The van der Waals surface area contributed by atoms with Gasteiger partial charge >= 0.3 is 0 Å². The molecule has 0 aliphatic carbocycles. The van der Waals surface area contributed by atoms with Crippen molar-refractivity contribution in [3.63, 3.8) is 0 Å². The largest absolute Gasteiger partial charge is 0.405 e. The molecule has 6 heteroatoms. The molecular weight excluding hydrogens is 374 g/mol. The Morgan fingerprint density at radius 1 is 1.30 bits per heavy atom. The number of fused-ring (bicyclic) bond motifs is 1. The van der Waals surface area contributed by atoms with E-state index in [4.69, 9.17) is 16.6 Å². The third-order valence-electron chi connectivity index (χ3n) is 5.30. The monoisotopic (exact) mass is 411 g/mol. The molecule has 2 aliphatic rings. The summed E-state index contributed by atoms with van der Waals surface area (Å²) in [5.41, 5.74) is 16.1. The highest BCUT2D eigenvalue weighted by molar-refractivity contribution is 5.78. The molecule has 0 unspecified atom stereocenters. The van der Waals surface area contributed by atoms with Crippen molar-refractivity contribution in [3.05, 3.63) is 58.1 Å². The molecule has 1 aromatic carbocycles. The predicted molar refractivity (Wildman–Crippen MR) is 129 cm³/mol. The number of aliphatic hydroxyl groups excluding tert-OH is 1. The van der Waals surface area contributed by atoms with E-state index in [1.165, 1.54) is 21.7 Å². The molecule has 1 saturated heterocycles. The molecule has 0 bridgehead atoms. The van der Waals surface area contributed by atoms with E-state index < -0.39 is 0 Å². The lowest BCUT2D eigenvalue weighted by Crippen LogP contribution is -2.40. The number of benzene rings is 1. The van der Waals surface area contributed by atoms with Crippen LogP contribution in [0.5, 0.6) is 0 Å². The Kier molecular flexibility index (Phi) is 9.67. The van der Waals surface area contributed by atoms with Gasteiger partial charge in [0.15, 0.2) is 0 Å². The molecule has 6 nitrogen and oxygen atoms in total. The molecule has 0 radical (unpaired) electrons. The van der Waals surface area contributed by atoms with Gasteiger partial charge in [-0.2, -0.15) is 0 Å². The Morgan fingerprint density at radius 2 is 2.03 bits per heavy atom. The molecular formula is C24H37N5O. The standard InChI is InChI=1S/C23H33N5.CH4O/c1-17(15-25)12-18(4-3-8-24)20-13-19-7-11-28(2)16-22(19)23(14-20)27-21-5-9-26-10-6-21;1-2/h3-4,7-8,12-14,16,21,26-27H,5-6,9-11,15,24-25H2,1-2H3;2H,1H3/b8-3?,17-12+,18-4+;. The zero-order valence-corrected chi connectivity index (χ0v) is 18.5. The lowest BCUT2D eigenvalue weighted by molar-refractivity contribution is 0.399. The maximum Gasteiger partial charge on any atom is 0.0442 e. The van der Waals surface area contributed by atoms with Crippen molar-refractivity contribution in [1.29, 1.82) is 0 Å². The van der Waals surface area contributed by atoms with Gasteiger partial charge in [0.25, 0.3) is 0 Å². The minimum Gasteiger partial charge on any atom is -0.405 e. The van der Waals surface area contributed by atoms with Crippen molar-refractivity contribution in [1.82, 2.24) is 10.2 Å². The number of piperidine rings is 1.